The molecule has 1 aliphatic heterocycles. The lowest BCUT2D eigenvalue weighted by Gasteiger charge is -2.24. The van der Waals surface area contributed by atoms with Crippen molar-refractivity contribution in [2.75, 3.05) is 6.54 Å². The first-order valence-corrected chi connectivity index (χ1v) is 5.74. The van der Waals surface area contributed by atoms with Crippen LogP contribution in [0, 0.1) is 5.82 Å². The number of rotatable bonds is 2. The maximum atomic E-state index is 13.5. The lowest BCUT2D eigenvalue weighted by Crippen LogP contribution is -2.26. The summed E-state index contributed by atoms with van der Waals surface area (Å²) in [6.45, 7) is 0.840. The summed E-state index contributed by atoms with van der Waals surface area (Å²) in [7, 11) is 0. The molecule has 18 heavy (non-hydrogen) atoms. The zero-order chi connectivity index (χ0) is 13.2. The first-order valence-electron chi connectivity index (χ1n) is 5.74. The Morgan fingerprint density at radius 3 is 2.56 bits per heavy atom. The van der Waals surface area contributed by atoms with Crippen LogP contribution in [0.4, 0.5) is 17.6 Å². The van der Waals surface area contributed by atoms with Gasteiger partial charge in [-0.3, -0.25) is 0 Å². The van der Waals surface area contributed by atoms with Crippen LogP contribution in [-0.2, 0) is 0 Å². The molecule has 1 atom stereocenters. The van der Waals surface area contributed by atoms with Gasteiger partial charge in [-0.15, -0.1) is 13.2 Å². The van der Waals surface area contributed by atoms with Crippen LogP contribution in [0.25, 0.3) is 0 Å². The van der Waals surface area contributed by atoms with Crippen molar-refractivity contribution in [1.82, 2.24) is 5.32 Å². The largest absolute Gasteiger partial charge is 0.573 e. The molecule has 0 bridgehead atoms. The molecule has 1 aromatic carbocycles. The van der Waals surface area contributed by atoms with Crippen molar-refractivity contribution < 1.29 is 22.3 Å². The van der Waals surface area contributed by atoms with Crippen molar-refractivity contribution in [3.8, 4) is 5.75 Å². The highest BCUT2D eigenvalue weighted by Crippen LogP contribution is 2.29. The van der Waals surface area contributed by atoms with Gasteiger partial charge in [-0.1, -0.05) is 12.5 Å². The number of alkyl halides is 3. The molecule has 1 aromatic rings. The van der Waals surface area contributed by atoms with Crippen molar-refractivity contribution in [3.63, 3.8) is 0 Å². The Morgan fingerprint density at radius 1 is 1.22 bits per heavy atom. The summed E-state index contributed by atoms with van der Waals surface area (Å²) < 4.78 is 53.0. The molecule has 100 valence electrons. The molecular weight excluding hydrogens is 250 g/mol. The molecule has 2 rings (SSSR count). The van der Waals surface area contributed by atoms with Gasteiger partial charge in [-0.05, 0) is 37.1 Å². The third-order valence-corrected chi connectivity index (χ3v) is 2.89. The van der Waals surface area contributed by atoms with E-state index in [-0.39, 0.29) is 6.04 Å². The van der Waals surface area contributed by atoms with Crippen LogP contribution in [0.15, 0.2) is 18.2 Å². The summed E-state index contributed by atoms with van der Waals surface area (Å²) in [6, 6.07) is 3.60. The molecule has 1 fully saturated rings. The van der Waals surface area contributed by atoms with E-state index in [0.29, 0.717) is 5.56 Å². The highest BCUT2D eigenvalue weighted by molar-refractivity contribution is 5.31. The fraction of sp³-hybridized carbons (Fsp3) is 0.500. The Kier molecular flexibility index (Phi) is 3.75. The van der Waals surface area contributed by atoms with Crippen LogP contribution in [-0.4, -0.2) is 12.9 Å². The second-order valence-corrected chi connectivity index (χ2v) is 4.24. The van der Waals surface area contributed by atoms with E-state index in [1.54, 1.807) is 0 Å². The number of hydrogen-bond donors (Lipinski definition) is 1. The minimum atomic E-state index is -4.87. The lowest BCUT2D eigenvalue weighted by atomic mass is 9.97. The van der Waals surface area contributed by atoms with Gasteiger partial charge >= 0.3 is 6.36 Å². The summed E-state index contributed by atoms with van der Waals surface area (Å²) in [6.07, 6.45) is -1.92. The van der Waals surface area contributed by atoms with Gasteiger partial charge in [-0.25, -0.2) is 4.39 Å². The molecule has 0 aromatic heterocycles. The standard InChI is InChI=1S/C12H13F4NO/c13-9-7-8(10-3-1-2-6-17-10)4-5-11(9)18-12(14,15)16/h4-5,7,10,17H,1-3,6H2. The maximum absolute atomic E-state index is 13.5. The monoisotopic (exact) mass is 263 g/mol. The molecule has 0 amide bonds. The second kappa shape index (κ2) is 5.14. The molecule has 0 spiro atoms. The molecule has 0 saturated carbocycles. The SMILES string of the molecule is Fc1cc(C2CCCCN2)ccc1OC(F)(F)F. The van der Waals surface area contributed by atoms with Gasteiger partial charge in [0.2, 0.25) is 0 Å². The fourth-order valence-electron chi connectivity index (χ4n) is 2.08. The highest BCUT2D eigenvalue weighted by atomic mass is 19.4. The average molecular weight is 263 g/mol. The van der Waals surface area contributed by atoms with E-state index in [2.05, 4.69) is 10.1 Å². The molecule has 1 saturated heterocycles. The smallest absolute Gasteiger partial charge is 0.403 e. The Labute approximate surface area is 102 Å². The summed E-state index contributed by atoms with van der Waals surface area (Å²) in [5, 5.41) is 3.20. The number of piperidine rings is 1. The first kappa shape index (κ1) is 13.1. The van der Waals surface area contributed by atoms with Crippen molar-refractivity contribution in [2.45, 2.75) is 31.7 Å². The molecule has 1 N–H and O–H groups in total. The molecule has 0 radical (unpaired) electrons. The van der Waals surface area contributed by atoms with Gasteiger partial charge in [0.25, 0.3) is 0 Å². The van der Waals surface area contributed by atoms with E-state index in [0.717, 1.165) is 37.9 Å². The van der Waals surface area contributed by atoms with Crippen LogP contribution < -0.4 is 10.1 Å². The maximum Gasteiger partial charge on any atom is 0.573 e. The zero-order valence-corrected chi connectivity index (χ0v) is 9.56. The first-order chi connectivity index (χ1) is 8.46. The summed E-state index contributed by atoms with van der Waals surface area (Å²) in [5.41, 5.74) is 0.654. The molecule has 1 unspecified atom stereocenters. The van der Waals surface area contributed by atoms with E-state index in [9.17, 15) is 17.6 Å². The van der Waals surface area contributed by atoms with E-state index in [1.807, 2.05) is 0 Å². The van der Waals surface area contributed by atoms with Gasteiger partial charge in [0, 0.05) is 6.04 Å². The second-order valence-electron chi connectivity index (χ2n) is 4.24. The van der Waals surface area contributed by atoms with Gasteiger partial charge in [0.1, 0.15) is 0 Å². The van der Waals surface area contributed by atoms with E-state index >= 15 is 0 Å². The average Bonchev–Trinajstić information content (AvgIpc) is 2.31. The van der Waals surface area contributed by atoms with Crippen molar-refractivity contribution >= 4 is 0 Å². The Morgan fingerprint density at radius 2 is 2.00 bits per heavy atom. The van der Waals surface area contributed by atoms with Gasteiger partial charge < -0.3 is 10.1 Å². The quantitative estimate of drug-likeness (QED) is 0.824. The normalized spacial score (nSPS) is 20.8. The Balaban J connectivity index is 2.13. The highest BCUT2D eigenvalue weighted by Gasteiger charge is 2.32. The van der Waals surface area contributed by atoms with Crippen LogP contribution >= 0.6 is 0 Å². The van der Waals surface area contributed by atoms with Crippen LogP contribution in [0.2, 0.25) is 0 Å². The Hall–Kier alpha value is -1.30. The molecular formula is C12H13F4NO. The minimum absolute atomic E-state index is 0.00758. The molecule has 2 nitrogen and oxygen atoms in total. The van der Waals surface area contributed by atoms with E-state index in [1.165, 1.54) is 6.07 Å². The van der Waals surface area contributed by atoms with E-state index in [4.69, 9.17) is 0 Å². The van der Waals surface area contributed by atoms with Crippen LogP contribution in [0.3, 0.4) is 0 Å². The number of benzene rings is 1. The lowest BCUT2D eigenvalue weighted by molar-refractivity contribution is -0.275. The number of ether oxygens (including phenoxy) is 1. The van der Waals surface area contributed by atoms with Gasteiger partial charge in [-0.2, -0.15) is 0 Å². The summed E-state index contributed by atoms with van der Waals surface area (Å²) in [5.74, 6) is -1.78. The van der Waals surface area contributed by atoms with E-state index < -0.39 is 17.9 Å². The molecule has 1 aliphatic rings. The van der Waals surface area contributed by atoms with Gasteiger partial charge in [0.15, 0.2) is 11.6 Å². The fourth-order valence-corrected chi connectivity index (χ4v) is 2.08. The minimum Gasteiger partial charge on any atom is -0.403 e. The molecule has 1 heterocycles. The number of halogens is 4. The topological polar surface area (TPSA) is 21.3 Å². The van der Waals surface area contributed by atoms with Crippen molar-refractivity contribution in [1.29, 1.82) is 0 Å². The Bertz CT molecular complexity index is 413. The van der Waals surface area contributed by atoms with Crippen LogP contribution in [0.1, 0.15) is 30.9 Å². The third kappa shape index (κ3) is 3.35. The predicted octanol–water partition coefficient (Wildman–Crippen LogP) is 3.54. The van der Waals surface area contributed by atoms with Crippen LogP contribution in [0.5, 0.6) is 5.75 Å². The van der Waals surface area contributed by atoms with Gasteiger partial charge in [0.05, 0.1) is 0 Å². The predicted molar refractivity (Wildman–Crippen MR) is 57.7 cm³/mol. The summed E-state index contributed by atoms with van der Waals surface area (Å²) >= 11 is 0. The molecule has 6 heteroatoms. The number of hydrogen-bond acceptors (Lipinski definition) is 2. The zero-order valence-electron chi connectivity index (χ0n) is 9.56. The third-order valence-electron chi connectivity index (χ3n) is 2.89. The molecule has 0 aliphatic carbocycles. The number of nitrogens with one attached hydrogen (secondary N) is 1. The summed E-state index contributed by atoms with van der Waals surface area (Å²) in [4.78, 5) is 0. The van der Waals surface area contributed by atoms with Crippen molar-refractivity contribution in [2.24, 2.45) is 0 Å². The van der Waals surface area contributed by atoms with Crippen molar-refractivity contribution in [3.05, 3.63) is 29.6 Å².